The van der Waals surface area contributed by atoms with Crippen LogP contribution in [0.2, 0.25) is 0 Å². The van der Waals surface area contributed by atoms with Crippen molar-refractivity contribution >= 4 is 58.0 Å². The first-order valence-corrected chi connectivity index (χ1v) is 11.9. The number of aromatic nitrogens is 2. The molecule has 3 heterocycles. The van der Waals surface area contributed by atoms with E-state index in [1.807, 2.05) is 22.9 Å². The number of aromatic amines is 1. The molecular formula is C23H25N7O6S. The summed E-state index contributed by atoms with van der Waals surface area (Å²) < 4.78 is 0. The number of thiophene rings is 1. The van der Waals surface area contributed by atoms with Gasteiger partial charge in [-0.2, -0.15) is 16.3 Å². The van der Waals surface area contributed by atoms with Gasteiger partial charge in [0.1, 0.15) is 6.04 Å². The van der Waals surface area contributed by atoms with Crippen molar-refractivity contribution in [3.8, 4) is 0 Å². The summed E-state index contributed by atoms with van der Waals surface area (Å²) in [5, 5.41) is 30.3. The summed E-state index contributed by atoms with van der Waals surface area (Å²) in [6.07, 6.45) is -0.598. The molecule has 0 bridgehead atoms. The maximum Gasteiger partial charge on any atom is 0.326 e. The van der Waals surface area contributed by atoms with Gasteiger partial charge in [-0.1, -0.05) is 12.1 Å². The number of carboxylic acids is 2. The van der Waals surface area contributed by atoms with Gasteiger partial charge in [-0.05, 0) is 41.4 Å². The number of amides is 1. The average Bonchev–Trinajstić information content (AvgIpc) is 3.46. The normalized spacial score (nSPS) is 12.5. The maximum absolute atomic E-state index is 12.3. The summed E-state index contributed by atoms with van der Waals surface area (Å²) >= 11 is 1.71. The van der Waals surface area contributed by atoms with Crippen LogP contribution in [-0.2, 0) is 9.59 Å². The van der Waals surface area contributed by atoms with Crippen LogP contribution in [0.4, 0.5) is 23.1 Å². The van der Waals surface area contributed by atoms with E-state index in [4.69, 9.17) is 15.9 Å². The zero-order chi connectivity index (χ0) is 26.8. The molecule has 2 aromatic heterocycles. The molecule has 1 amide bonds. The van der Waals surface area contributed by atoms with Crippen molar-refractivity contribution in [3.05, 3.63) is 63.1 Å². The molecular weight excluding hydrogens is 502 g/mol. The minimum Gasteiger partial charge on any atom is -0.481 e. The van der Waals surface area contributed by atoms with Crippen LogP contribution in [0.15, 0.2) is 56.9 Å². The van der Waals surface area contributed by atoms with Gasteiger partial charge < -0.3 is 31.9 Å². The zero-order valence-electron chi connectivity index (χ0n) is 19.4. The Morgan fingerprint density at radius 1 is 1.14 bits per heavy atom. The van der Waals surface area contributed by atoms with E-state index in [9.17, 15) is 19.2 Å². The molecule has 0 radical (unpaired) electrons. The summed E-state index contributed by atoms with van der Waals surface area (Å²) in [6, 6.07) is 8.99. The standard InChI is InChI=1S/C19H21N7O6.C4H4S/c20-19-25-15-14(17(30)26-19)23-11(8-22-15)7-21-10-3-1-9(2-4-10)16(29)24-12(18(31)32)5-6-13(27)28;1-2-4-5-3-1/h1-4,12,21H,5-8H2,(H,24,29)(H,27,28)(H,31,32)(H4,20,22,25,26,30);1-4H. The number of aliphatic imine (C=N–C) groups is 1. The van der Waals surface area contributed by atoms with Gasteiger partial charge in [0.15, 0.2) is 11.5 Å². The van der Waals surface area contributed by atoms with Gasteiger partial charge in [-0.3, -0.25) is 19.4 Å². The van der Waals surface area contributed by atoms with Gasteiger partial charge in [0, 0.05) is 17.7 Å². The number of carbonyl (C=O) groups excluding carboxylic acids is 1. The fourth-order valence-corrected chi connectivity index (χ4v) is 3.59. The van der Waals surface area contributed by atoms with Crippen molar-refractivity contribution < 1.29 is 24.6 Å². The topological polar surface area (TPSA) is 212 Å². The van der Waals surface area contributed by atoms with Crippen molar-refractivity contribution in [1.29, 1.82) is 0 Å². The first-order chi connectivity index (χ1) is 17.7. The highest BCUT2D eigenvalue weighted by molar-refractivity contribution is 7.07. The number of benzene rings is 1. The Morgan fingerprint density at radius 3 is 2.43 bits per heavy atom. The Morgan fingerprint density at radius 2 is 1.84 bits per heavy atom. The fraction of sp³-hybridized carbons (Fsp3) is 0.217. The van der Waals surface area contributed by atoms with Gasteiger partial charge in [0.2, 0.25) is 5.95 Å². The molecule has 3 aromatic rings. The van der Waals surface area contributed by atoms with Crippen LogP contribution < -0.4 is 27.2 Å². The lowest BCUT2D eigenvalue weighted by Crippen LogP contribution is -2.41. The van der Waals surface area contributed by atoms with Gasteiger partial charge in [0.25, 0.3) is 11.5 Å². The first-order valence-electron chi connectivity index (χ1n) is 11.0. The predicted octanol–water partition coefficient (Wildman–Crippen LogP) is 1.76. The van der Waals surface area contributed by atoms with Gasteiger partial charge in [0.05, 0.1) is 18.8 Å². The Hall–Kier alpha value is -4.72. The Balaban J connectivity index is 0.000000678. The van der Waals surface area contributed by atoms with Crippen molar-refractivity contribution in [2.24, 2.45) is 4.99 Å². The van der Waals surface area contributed by atoms with Crippen LogP contribution in [0, 0.1) is 0 Å². The molecule has 0 spiro atoms. The van der Waals surface area contributed by atoms with Crippen LogP contribution in [0.5, 0.6) is 0 Å². The summed E-state index contributed by atoms with van der Waals surface area (Å²) in [4.78, 5) is 56.7. The predicted molar refractivity (Wildman–Crippen MR) is 140 cm³/mol. The highest BCUT2D eigenvalue weighted by atomic mass is 32.1. The molecule has 8 N–H and O–H groups in total. The molecule has 37 heavy (non-hydrogen) atoms. The second-order valence-corrected chi connectivity index (χ2v) is 8.52. The Bertz CT molecular complexity index is 1310. The maximum atomic E-state index is 12.3. The number of nitrogens with zero attached hydrogens (tertiary/aromatic N) is 2. The van der Waals surface area contributed by atoms with E-state index in [0.717, 1.165) is 0 Å². The summed E-state index contributed by atoms with van der Waals surface area (Å²) in [7, 11) is 0. The molecule has 1 aliphatic heterocycles. The Kier molecular flexibility index (Phi) is 9.32. The Labute approximate surface area is 214 Å². The van der Waals surface area contributed by atoms with Crippen molar-refractivity contribution in [3.63, 3.8) is 0 Å². The third-order valence-corrected chi connectivity index (χ3v) is 5.59. The molecule has 0 fully saturated rings. The van der Waals surface area contributed by atoms with Gasteiger partial charge in [-0.15, -0.1) is 0 Å². The second-order valence-electron chi connectivity index (χ2n) is 7.70. The minimum absolute atomic E-state index is 0.00119. The molecule has 0 aliphatic carbocycles. The van der Waals surface area contributed by atoms with Crippen molar-refractivity contribution in [1.82, 2.24) is 15.3 Å². The lowest BCUT2D eigenvalue weighted by atomic mass is 10.1. The molecule has 14 heteroatoms. The van der Waals surface area contributed by atoms with Crippen LogP contribution in [0.1, 0.15) is 23.2 Å². The van der Waals surface area contributed by atoms with E-state index < -0.39 is 29.4 Å². The third kappa shape index (κ3) is 8.17. The molecule has 0 saturated carbocycles. The van der Waals surface area contributed by atoms with E-state index in [0.29, 0.717) is 30.3 Å². The quantitative estimate of drug-likeness (QED) is 0.214. The number of H-pyrrole nitrogens is 1. The van der Waals surface area contributed by atoms with Crippen LogP contribution in [-0.4, -0.2) is 62.9 Å². The molecule has 13 nitrogen and oxygen atoms in total. The number of nitrogens with two attached hydrogens (primary N) is 1. The zero-order valence-corrected chi connectivity index (χ0v) is 20.2. The molecule has 1 atom stereocenters. The fourth-order valence-electron chi connectivity index (χ4n) is 3.13. The number of hydrogen-bond acceptors (Lipinski definition) is 10. The van der Waals surface area contributed by atoms with E-state index >= 15 is 0 Å². The number of hydrogen-bond donors (Lipinski definition) is 7. The number of nitrogen functional groups attached to an aromatic ring is 1. The van der Waals surface area contributed by atoms with Gasteiger partial charge >= 0.3 is 11.9 Å². The van der Waals surface area contributed by atoms with E-state index in [2.05, 4.69) is 30.9 Å². The minimum atomic E-state index is -1.31. The number of rotatable bonds is 9. The number of fused-ring (bicyclic) bond motifs is 1. The number of carboxylic acid groups (broad SMARTS) is 2. The third-order valence-electron chi connectivity index (χ3n) is 4.96. The lowest BCUT2D eigenvalue weighted by molar-refractivity contribution is -0.140. The van der Waals surface area contributed by atoms with Gasteiger partial charge in [-0.25, -0.2) is 9.79 Å². The molecule has 1 aliphatic rings. The highest BCUT2D eigenvalue weighted by Gasteiger charge is 2.21. The summed E-state index contributed by atoms with van der Waals surface area (Å²) in [6.45, 7) is 0.682. The number of aliphatic carboxylic acids is 2. The second kappa shape index (κ2) is 12.8. The number of anilines is 3. The summed E-state index contributed by atoms with van der Waals surface area (Å²) in [5.74, 6) is -2.77. The van der Waals surface area contributed by atoms with Crippen molar-refractivity contribution in [2.45, 2.75) is 18.9 Å². The average molecular weight is 528 g/mol. The first kappa shape index (κ1) is 26.9. The van der Waals surface area contributed by atoms with E-state index in [1.165, 1.54) is 12.1 Å². The monoisotopic (exact) mass is 527 g/mol. The van der Waals surface area contributed by atoms with Crippen LogP contribution in [0.3, 0.4) is 0 Å². The largest absolute Gasteiger partial charge is 0.481 e. The number of carbonyl (C=O) groups is 3. The molecule has 4 rings (SSSR count). The highest BCUT2D eigenvalue weighted by Crippen LogP contribution is 2.21. The van der Waals surface area contributed by atoms with Crippen molar-refractivity contribution in [2.75, 3.05) is 29.5 Å². The molecule has 1 aromatic carbocycles. The van der Waals surface area contributed by atoms with E-state index in [1.54, 1.807) is 23.5 Å². The van der Waals surface area contributed by atoms with Crippen LogP contribution in [0.25, 0.3) is 0 Å². The smallest absolute Gasteiger partial charge is 0.326 e. The number of nitrogens with one attached hydrogen (secondary N) is 4. The SMILES string of the molecule is Nc1nc2c(c(=O)[nH]1)N=C(CNc1ccc(C(=O)NC(CCC(=O)O)C(=O)O)cc1)CN2.c1ccsc1. The lowest BCUT2D eigenvalue weighted by Gasteiger charge is -2.17. The molecule has 194 valence electrons. The molecule has 1 unspecified atom stereocenters. The summed E-state index contributed by atoms with van der Waals surface area (Å²) in [5.41, 5.74) is 6.74. The molecule has 0 saturated heterocycles. The van der Waals surface area contributed by atoms with E-state index in [-0.39, 0.29) is 30.0 Å². The van der Waals surface area contributed by atoms with Crippen LogP contribution >= 0.6 is 11.3 Å².